The summed E-state index contributed by atoms with van der Waals surface area (Å²) in [5, 5.41) is 3.23. The minimum Gasteiger partial charge on any atom is -1.00 e. The first-order valence-corrected chi connectivity index (χ1v) is 9.95. The van der Waals surface area contributed by atoms with Crippen molar-refractivity contribution in [2.45, 2.75) is 59.4 Å². The molecule has 1 aromatic rings. The van der Waals surface area contributed by atoms with Gasteiger partial charge in [0.15, 0.2) is 0 Å². The first-order valence-electron chi connectivity index (χ1n) is 7.98. The van der Waals surface area contributed by atoms with E-state index in [1.165, 1.54) is 42.0 Å². The number of hydrogen-bond acceptors (Lipinski definition) is 0. The third-order valence-corrected chi connectivity index (χ3v) is 8.02. The van der Waals surface area contributed by atoms with Crippen molar-refractivity contribution < 1.29 is 58.9 Å². The van der Waals surface area contributed by atoms with E-state index in [-0.39, 0.29) is 58.9 Å². The second-order valence-corrected chi connectivity index (χ2v) is 8.98. The van der Waals surface area contributed by atoms with Crippen LogP contribution in [0, 0.1) is 26.8 Å². The fraction of sp³-hybridized carbons (Fsp3) is 0.474. The molecule has 0 heterocycles. The Bertz CT molecular complexity index is 518. The zero-order valence-electron chi connectivity index (χ0n) is 15.1. The second kappa shape index (κ2) is 14.6. The molecule has 0 saturated heterocycles. The minimum atomic E-state index is -1.06. The third kappa shape index (κ3) is 7.81. The Kier molecular flexibility index (Phi) is 17.9. The summed E-state index contributed by atoms with van der Waals surface area (Å²) in [7, 11) is -1.06. The molecule has 1 aliphatic rings. The largest absolute Gasteiger partial charge is 4.00 e. The van der Waals surface area contributed by atoms with Gasteiger partial charge in [0, 0.05) is 0 Å². The van der Waals surface area contributed by atoms with E-state index in [2.05, 4.69) is 58.1 Å². The predicted molar refractivity (Wildman–Crippen MR) is 92.3 cm³/mol. The predicted octanol–water partition coefficient (Wildman–Crippen LogP) is -4.53. The van der Waals surface area contributed by atoms with Gasteiger partial charge in [0.2, 0.25) is 0 Å². The Hall–Kier alpha value is 0.501. The van der Waals surface area contributed by atoms with Gasteiger partial charge in [-0.05, 0) is 20.8 Å². The number of benzene rings is 1. The van der Waals surface area contributed by atoms with Crippen LogP contribution in [-0.4, -0.2) is 8.80 Å². The topological polar surface area (TPSA) is 0 Å². The Morgan fingerprint density at radius 1 is 1.00 bits per heavy atom. The van der Waals surface area contributed by atoms with Gasteiger partial charge >= 0.3 is 21.7 Å². The fourth-order valence-electron chi connectivity index (χ4n) is 3.46. The number of aryl methyl sites for hydroxylation is 3. The van der Waals surface area contributed by atoms with E-state index < -0.39 is 8.80 Å². The molecule has 1 aromatic carbocycles. The van der Waals surface area contributed by atoms with Crippen molar-refractivity contribution in [2.75, 3.05) is 0 Å². The molecule has 0 radical (unpaired) electrons. The zero-order chi connectivity index (χ0) is 14.5. The van der Waals surface area contributed by atoms with Gasteiger partial charge in [-0.25, -0.2) is 11.3 Å². The molecular formula is C19H27Cl3SiTi. The number of halogens is 3. The van der Waals surface area contributed by atoms with Crippen LogP contribution in [0.25, 0.3) is 0 Å². The zero-order valence-corrected chi connectivity index (χ0v) is 20.0. The molecule has 0 aromatic heterocycles. The normalized spacial score (nSPS) is 12.9. The van der Waals surface area contributed by atoms with E-state index in [1.54, 1.807) is 10.4 Å². The summed E-state index contributed by atoms with van der Waals surface area (Å²) in [5.41, 5.74) is 4.40. The standard InChI is InChI=1S/C19H27Si.3ClH.Ti/c1-5-6-9-12-20(18-10-7-8-11-18)19-16(3)13-15(2)14-17(19)4;;;;/h7,10,13-14,20H,5-6,8-9,12H2,1-4H3;3*1H;/q-1;;;;+4/p-3. The van der Waals surface area contributed by atoms with Crippen molar-refractivity contribution >= 4 is 14.0 Å². The van der Waals surface area contributed by atoms with Gasteiger partial charge in [0.05, 0.1) is 8.80 Å². The summed E-state index contributed by atoms with van der Waals surface area (Å²) in [4.78, 5) is 0. The van der Waals surface area contributed by atoms with Crippen molar-refractivity contribution in [2.24, 2.45) is 0 Å². The van der Waals surface area contributed by atoms with E-state index in [0.29, 0.717) is 0 Å². The molecule has 0 bridgehead atoms. The number of hydrogen-bond donors (Lipinski definition) is 0. The number of allylic oxidation sites excluding steroid dienone is 4. The second-order valence-electron chi connectivity index (χ2n) is 6.10. The van der Waals surface area contributed by atoms with Crippen LogP contribution < -0.4 is 42.4 Å². The van der Waals surface area contributed by atoms with Gasteiger partial charge in [-0.15, -0.1) is 6.42 Å². The Balaban J connectivity index is -0.00000110. The summed E-state index contributed by atoms with van der Waals surface area (Å²) in [6, 6.07) is 6.12. The van der Waals surface area contributed by atoms with Crippen molar-refractivity contribution in [1.82, 2.24) is 0 Å². The molecule has 5 heteroatoms. The monoisotopic (exact) mass is 436 g/mol. The van der Waals surface area contributed by atoms with Crippen molar-refractivity contribution in [3.8, 4) is 0 Å². The molecule has 0 amide bonds. The molecule has 1 atom stereocenters. The molecule has 1 aliphatic carbocycles. The SMILES string of the molecule is CCCCC[SiH](C1=[C-]CC=C1)c1c(C)cc(C)cc1C.[Cl-].[Cl-].[Cl-].[Ti+4]. The number of unbranched alkanes of at least 4 members (excludes halogenated alkanes) is 2. The number of rotatable bonds is 6. The van der Waals surface area contributed by atoms with E-state index in [1.807, 2.05) is 0 Å². The van der Waals surface area contributed by atoms with Crippen LogP contribution in [0.4, 0.5) is 0 Å². The molecule has 2 rings (SSSR count). The van der Waals surface area contributed by atoms with Gasteiger partial charge < -0.3 is 37.2 Å². The molecule has 0 spiro atoms. The van der Waals surface area contributed by atoms with Crippen LogP contribution in [0.3, 0.4) is 0 Å². The minimum absolute atomic E-state index is 0. The van der Waals surface area contributed by atoms with E-state index >= 15 is 0 Å². The molecule has 24 heavy (non-hydrogen) atoms. The molecule has 132 valence electrons. The molecule has 0 nitrogen and oxygen atoms in total. The van der Waals surface area contributed by atoms with Crippen LogP contribution in [0.15, 0.2) is 29.5 Å². The third-order valence-electron chi connectivity index (χ3n) is 4.28. The van der Waals surface area contributed by atoms with Crippen LogP contribution in [0.2, 0.25) is 6.04 Å². The average molecular weight is 438 g/mol. The van der Waals surface area contributed by atoms with Gasteiger partial charge in [-0.2, -0.15) is 6.08 Å². The molecular weight excluding hydrogens is 411 g/mol. The molecule has 1 unspecified atom stereocenters. The van der Waals surface area contributed by atoms with Crippen molar-refractivity contribution in [3.63, 3.8) is 0 Å². The summed E-state index contributed by atoms with van der Waals surface area (Å²) in [5.74, 6) is 0. The van der Waals surface area contributed by atoms with E-state index in [9.17, 15) is 0 Å². The molecule has 0 aliphatic heterocycles. The van der Waals surface area contributed by atoms with Crippen LogP contribution in [0.1, 0.15) is 49.3 Å². The summed E-state index contributed by atoms with van der Waals surface area (Å²) < 4.78 is 0. The fourth-order valence-corrected chi connectivity index (χ4v) is 7.06. The maximum absolute atomic E-state index is 3.62. The summed E-state index contributed by atoms with van der Waals surface area (Å²) >= 11 is 0. The van der Waals surface area contributed by atoms with Gasteiger partial charge in [-0.1, -0.05) is 66.2 Å². The van der Waals surface area contributed by atoms with Crippen molar-refractivity contribution in [3.05, 3.63) is 52.2 Å². The van der Waals surface area contributed by atoms with Crippen molar-refractivity contribution in [1.29, 1.82) is 0 Å². The smallest absolute Gasteiger partial charge is 1.00 e. The maximum atomic E-state index is 3.62. The van der Waals surface area contributed by atoms with Gasteiger partial charge in [0.1, 0.15) is 0 Å². The van der Waals surface area contributed by atoms with Crippen LogP contribution in [-0.2, 0) is 21.7 Å². The molecule has 0 N–H and O–H groups in total. The molecule has 0 saturated carbocycles. The molecule has 0 fully saturated rings. The first kappa shape index (κ1) is 29.3. The van der Waals surface area contributed by atoms with Crippen LogP contribution >= 0.6 is 0 Å². The average Bonchev–Trinajstić information content (AvgIpc) is 2.89. The Morgan fingerprint density at radius 2 is 1.58 bits per heavy atom. The van der Waals surface area contributed by atoms with E-state index in [0.717, 1.165) is 6.42 Å². The quantitative estimate of drug-likeness (QED) is 0.239. The maximum Gasteiger partial charge on any atom is 4.00 e. The van der Waals surface area contributed by atoms with Gasteiger partial charge in [-0.3, -0.25) is 6.08 Å². The Labute approximate surface area is 183 Å². The summed E-state index contributed by atoms with van der Waals surface area (Å²) in [6.07, 6.45) is 13.3. The van der Waals surface area contributed by atoms with Gasteiger partial charge in [0.25, 0.3) is 0 Å². The summed E-state index contributed by atoms with van der Waals surface area (Å²) in [6.45, 7) is 9.10. The first-order chi connectivity index (χ1) is 9.63. The van der Waals surface area contributed by atoms with Crippen LogP contribution in [0.5, 0.6) is 0 Å². The van der Waals surface area contributed by atoms with E-state index in [4.69, 9.17) is 0 Å². The Morgan fingerprint density at radius 3 is 2.04 bits per heavy atom.